The third-order valence-corrected chi connectivity index (χ3v) is 3.93. The SMILES string of the molecule is O[C@H](CNCc1cnc(N2CCCC2)nc1)c1ccccc1. The Morgan fingerprint density at radius 2 is 1.77 bits per heavy atom. The molecule has 1 aliphatic rings. The second-order valence-electron chi connectivity index (χ2n) is 5.64. The van der Waals surface area contributed by atoms with Gasteiger partial charge >= 0.3 is 0 Å². The highest BCUT2D eigenvalue weighted by Crippen LogP contribution is 2.15. The van der Waals surface area contributed by atoms with Crippen molar-refractivity contribution in [3.63, 3.8) is 0 Å². The summed E-state index contributed by atoms with van der Waals surface area (Å²) in [6.07, 6.45) is 5.69. The van der Waals surface area contributed by atoms with Gasteiger partial charge in [-0.1, -0.05) is 30.3 Å². The molecule has 2 N–H and O–H groups in total. The molecule has 1 aromatic heterocycles. The number of aliphatic hydroxyl groups excluding tert-OH is 1. The van der Waals surface area contributed by atoms with Crippen molar-refractivity contribution in [3.8, 4) is 0 Å². The molecule has 1 atom stereocenters. The van der Waals surface area contributed by atoms with Crippen molar-refractivity contribution in [2.75, 3.05) is 24.5 Å². The van der Waals surface area contributed by atoms with Gasteiger partial charge in [0.2, 0.25) is 5.95 Å². The lowest BCUT2D eigenvalue weighted by Crippen LogP contribution is -2.22. The van der Waals surface area contributed by atoms with E-state index >= 15 is 0 Å². The second-order valence-corrected chi connectivity index (χ2v) is 5.64. The Morgan fingerprint density at radius 1 is 1.09 bits per heavy atom. The molecule has 0 unspecified atom stereocenters. The number of hydrogen-bond acceptors (Lipinski definition) is 5. The van der Waals surface area contributed by atoms with Crippen LogP contribution >= 0.6 is 0 Å². The summed E-state index contributed by atoms with van der Waals surface area (Å²) >= 11 is 0. The van der Waals surface area contributed by atoms with Crippen LogP contribution in [0, 0.1) is 0 Å². The van der Waals surface area contributed by atoms with E-state index in [0.29, 0.717) is 13.1 Å². The molecule has 0 amide bonds. The number of aliphatic hydroxyl groups is 1. The molecule has 3 rings (SSSR count). The van der Waals surface area contributed by atoms with Crippen molar-refractivity contribution in [1.82, 2.24) is 15.3 Å². The number of benzene rings is 1. The van der Waals surface area contributed by atoms with Crippen LogP contribution in [-0.2, 0) is 6.54 Å². The van der Waals surface area contributed by atoms with Crippen molar-refractivity contribution in [3.05, 3.63) is 53.9 Å². The Hall–Kier alpha value is -1.98. The smallest absolute Gasteiger partial charge is 0.225 e. The molecule has 22 heavy (non-hydrogen) atoms. The summed E-state index contributed by atoms with van der Waals surface area (Å²) in [5.41, 5.74) is 1.96. The predicted molar refractivity (Wildman–Crippen MR) is 86.6 cm³/mol. The van der Waals surface area contributed by atoms with Crippen molar-refractivity contribution in [2.45, 2.75) is 25.5 Å². The Kier molecular flexibility index (Phi) is 4.98. The Bertz CT molecular complexity index is 567. The fourth-order valence-corrected chi connectivity index (χ4v) is 2.67. The van der Waals surface area contributed by atoms with Gasteiger partial charge in [-0.15, -0.1) is 0 Å². The highest BCUT2D eigenvalue weighted by atomic mass is 16.3. The van der Waals surface area contributed by atoms with Crippen LogP contribution in [0.4, 0.5) is 5.95 Å². The number of anilines is 1. The minimum atomic E-state index is -0.494. The molecule has 2 heterocycles. The highest BCUT2D eigenvalue weighted by Gasteiger charge is 2.14. The van der Waals surface area contributed by atoms with Crippen LogP contribution in [0.5, 0.6) is 0 Å². The fraction of sp³-hybridized carbons (Fsp3) is 0.412. The molecule has 1 aliphatic heterocycles. The van der Waals surface area contributed by atoms with Gasteiger partial charge in [0.05, 0.1) is 6.10 Å². The molecule has 0 aliphatic carbocycles. The zero-order valence-corrected chi connectivity index (χ0v) is 12.7. The van der Waals surface area contributed by atoms with Crippen LogP contribution in [-0.4, -0.2) is 34.7 Å². The minimum Gasteiger partial charge on any atom is -0.387 e. The predicted octanol–water partition coefficient (Wildman–Crippen LogP) is 1.90. The van der Waals surface area contributed by atoms with Crippen molar-refractivity contribution in [2.24, 2.45) is 0 Å². The van der Waals surface area contributed by atoms with Crippen LogP contribution in [0.1, 0.15) is 30.1 Å². The van der Waals surface area contributed by atoms with Crippen LogP contribution < -0.4 is 10.2 Å². The van der Waals surface area contributed by atoms with E-state index in [1.54, 1.807) is 0 Å². The van der Waals surface area contributed by atoms with Crippen LogP contribution in [0.25, 0.3) is 0 Å². The van der Waals surface area contributed by atoms with Crippen LogP contribution in [0.15, 0.2) is 42.7 Å². The maximum Gasteiger partial charge on any atom is 0.225 e. The van der Waals surface area contributed by atoms with E-state index in [9.17, 15) is 5.11 Å². The Labute approximate surface area is 131 Å². The normalized spacial score (nSPS) is 16.0. The summed E-state index contributed by atoms with van der Waals surface area (Å²) in [6, 6.07) is 9.68. The lowest BCUT2D eigenvalue weighted by Gasteiger charge is -2.15. The number of rotatable bonds is 6. The molecule has 2 aromatic rings. The van der Waals surface area contributed by atoms with E-state index in [-0.39, 0.29) is 0 Å². The lowest BCUT2D eigenvalue weighted by atomic mass is 10.1. The van der Waals surface area contributed by atoms with Gasteiger partial charge in [-0.25, -0.2) is 9.97 Å². The average molecular weight is 298 g/mol. The highest BCUT2D eigenvalue weighted by molar-refractivity contribution is 5.30. The van der Waals surface area contributed by atoms with E-state index in [4.69, 9.17) is 0 Å². The largest absolute Gasteiger partial charge is 0.387 e. The first-order valence-electron chi connectivity index (χ1n) is 7.82. The molecule has 5 nitrogen and oxygen atoms in total. The third kappa shape index (κ3) is 3.81. The molecule has 1 saturated heterocycles. The number of aromatic nitrogens is 2. The standard InChI is InChI=1S/C17H22N4O/c22-16(15-6-2-1-3-7-15)13-18-10-14-11-19-17(20-12-14)21-8-4-5-9-21/h1-3,6-7,11-12,16,18,22H,4-5,8-10,13H2/t16-/m1/s1. The molecular formula is C17H22N4O. The van der Waals surface area contributed by atoms with Gasteiger partial charge < -0.3 is 15.3 Å². The first kappa shape index (κ1) is 14.9. The van der Waals surface area contributed by atoms with Crippen LogP contribution in [0.2, 0.25) is 0 Å². The molecule has 116 valence electrons. The Morgan fingerprint density at radius 3 is 2.45 bits per heavy atom. The molecular weight excluding hydrogens is 276 g/mol. The molecule has 0 spiro atoms. The molecule has 0 saturated carbocycles. The monoisotopic (exact) mass is 298 g/mol. The summed E-state index contributed by atoms with van der Waals surface area (Å²) in [5, 5.41) is 13.3. The topological polar surface area (TPSA) is 61.3 Å². The van der Waals surface area contributed by atoms with E-state index < -0.39 is 6.10 Å². The summed E-state index contributed by atoms with van der Waals surface area (Å²) in [7, 11) is 0. The molecule has 0 radical (unpaired) electrons. The van der Waals surface area contributed by atoms with E-state index in [1.165, 1.54) is 12.8 Å². The maximum absolute atomic E-state index is 10.1. The number of nitrogens with zero attached hydrogens (tertiary/aromatic N) is 3. The van der Waals surface area contributed by atoms with E-state index in [1.807, 2.05) is 42.7 Å². The van der Waals surface area contributed by atoms with E-state index in [0.717, 1.165) is 30.2 Å². The summed E-state index contributed by atoms with van der Waals surface area (Å²) in [6.45, 7) is 3.28. The van der Waals surface area contributed by atoms with Gasteiger partial charge in [-0.05, 0) is 18.4 Å². The van der Waals surface area contributed by atoms with Gasteiger partial charge in [-0.3, -0.25) is 0 Å². The number of nitrogens with one attached hydrogen (secondary N) is 1. The summed E-state index contributed by atoms with van der Waals surface area (Å²) in [5.74, 6) is 0.825. The summed E-state index contributed by atoms with van der Waals surface area (Å²) in [4.78, 5) is 11.1. The lowest BCUT2D eigenvalue weighted by molar-refractivity contribution is 0.174. The third-order valence-electron chi connectivity index (χ3n) is 3.93. The van der Waals surface area contributed by atoms with Crippen molar-refractivity contribution in [1.29, 1.82) is 0 Å². The quantitative estimate of drug-likeness (QED) is 0.853. The first-order chi connectivity index (χ1) is 10.8. The zero-order valence-electron chi connectivity index (χ0n) is 12.7. The average Bonchev–Trinajstić information content (AvgIpc) is 3.11. The minimum absolute atomic E-state index is 0.494. The van der Waals surface area contributed by atoms with Gasteiger partial charge in [0, 0.05) is 44.1 Å². The molecule has 0 bridgehead atoms. The molecule has 5 heteroatoms. The van der Waals surface area contributed by atoms with Gasteiger partial charge in [-0.2, -0.15) is 0 Å². The van der Waals surface area contributed by atoms with Gasteiger partial charge in [0.15, 0.2) is 0 Å². The maximum atomic E-state index is 10.1. The van der Waals surface area contributed by atoms with Gasteiger partial charge in [0.1, 0.15) is 0 Å². The summed E-state index contributed by atoms with van der Waals surface area (Å²) < 4.78 is 0. The first-order valence-corrected chi connectivity index (χ1v) is 7.82. The van der Waals surface area contributed by atoms with Crippen LogP contribution in [0.3, 0.4) is 0 Å². The van der Waals surface area contributed by atoms with Crippen molar-refractivity contribution < 1.29 is 5.11 Å². The number of hydrogen-bond donors (Lipinski definition) is 2. The fourth-order valence-electron chi connectivity index (χ4n) is 2.67. The zero-order chi connectivity index (χ0) is 15.2. The van der Waals surface area contributed by atoms with E-state index in [2.05, 4.69) is 20.2 Å². The molecule has 1 fully saturated rings. The van der Waals surface area contributed by atoms with Crippen molar-refractivity contribution >= 4 is 5.95 Å². The second kappa shape index (κ2) is 7.33. The van der Waals surface area contributed by atoms with Gasteiger partial charge in [0.25, 0.3) is 0 Å². The molecule has 1 aromatic carbocycles. The Balaban J connectivity index is 1.47.